The van der Waals surface area contributed by atoms with Crippen molar-refractivity contribution in [3.8, 4) is 0 Å². The zero-order valence-corrected chi connectivity index (χ0v) is 8.06. The van der Waals surface area contributed by atoms with Crippen LogP contribution in [0.2, 0.25) is 0 Å². The van der Waals surface area contributed by atoms with Crippen LogP contribution in [0, 0.1) is 0 Å². The number of halogens is 1. The van der Waals surface area contributed by atoms with E-state index in [1.54, 1.807) is 0 Å². The molecule has 0 amide bonds. The highest BCUT2D eigenvalue weighted by Gasteiger charge is 2.19. The van der Waals surface area contributed by atoms with Crippen molar-refractivity contribution in [1.29, 1.82) is 0 Å². The molecule has 0 aromatic carbocycles. The van der Waals surface area contributed by atoms with Crippen LogP contribution >= 0.6 is 17.0 Å². The first-order valence-corrected chi connectivity index (χ1v) is 3.19. The summed E-state index contributed by atoms with van der Waals surface area (Å²) in [6.07, 6.45) is 1.06. The zero-order valence-electron chi connectivity index (χ0n) is 6.35. The summed E-state index contributed by atoms with van der Waals surface area (Å²) < 4.78 is 0. The van der Waals surface area contributed by atoms with E-state index < -0.39 is 0 Å². The SMILES string of the molecule is Br.CC1(C)CCNC(N)=N1. The molecule has 0 unspecified atom stereocenters. The summed E-state index contributed by atoms with van der Waals surface area (Å²) in [6, 6.07) is 0. The number of guanidine groups is 1. The average Bonchev–Trinajstić information content (AvgIpc) is 1.60. The van der Waals surface area contributed by atoms with Crippen molar-refractivity contribution in [2.24, 2.45) is 10.7 Å². The van der Waals surface area contributed by atoms with Crippen molar-refractivity contribution < 1.29 is 0 Å². The predicted octanol–water partition coefficient (Wildman–Crippen LogP) is 0.651. The van der Waals surface area contributed by atoms with Gasteiger partial charge in [-0.1, -0.05) is 0 Å². The fourth-order valence-corrected chi connectivity index (χ4v) is 0.918. The molecule has 0 bridgehead atoms. The Labute approximate surface area is 71.9 Å². The Morgan fingerprint density at radius 3 is 2.50 bits per heavy atom. The van der Waals surface area contributed by atoms with Gasteiger partial charge >= 0.3 is 0 Å². The van der Waals surface area contributed by atoms with E-state index in [0.29, 0.717) is 5.96 Å². The van der Waals surface area contributed by atoms with E-state index in [2.05, 4.69) is 24.2 Å². The summed E-state index contributed by atoms with van der Waals surface area (Å²) in [7, 11) is 0. The molecule has 60 valence electrons. The van der Waals surface area contributed by atoms with Crippen LogP contribution in [0.25, 0.3) is 0 Å². The van der Waals surface area contributed by atoms with Crippen LogP contribution in [0.4, 0.5) is 0 Å². The molecule has 0 saturated carbocycles. The minimum Gasteiger partial charge on any atom is -0.370 e. The smallest absolute Gasteiger partial charge is 0.189 e. The third-order valence-corrected chi connectivity index (χ3v) is 1.47. The number of rotatable bonds is 0. The van der Waals surface area contributed by atoms with Gasteiger partial charge in [-0.25, -0.2) is 4.99 Å². The molecule has 0 fully saturated rings. The van der Waals surface area contributed by atoms with E-state index in [4.69, 9.17) is 5.73 Å². The number of aliphatic imine (C=N–C) groups is 1. The maximum absolute atomic E-state index is 5.45. The Kier molecular flexibility index (Phi) is 3.15. The van der Waals surface area contributed by atoms with Gasteiger partial charge in [-0.3, -0.25) is 0 Å². The van der Waals surface area contributed by atoms with Crippen LogP contribution in [-0.4, -0.2) is 18.0 Å². The molecule has 4 heteroatoms. The number of nitrogens with one attached hydrogen (secondary N) is 1. The Morgan fingerprint density at radius 1 is 1.60 bits per heavy atom. The summed E-state index contributed by atoms with van der Waals surface area (Å²) in [5, 5.41) is 2.97. The van der Waals surface area contributed by atoms with Gasteiger partial charge in [0.05, 0.1) is 5.54 Å². The first-order valence-electron chi connectivity index (χ1n) is 3.19. The molecule has 0 spiro atoms. The van der Waals surface area contributed by atoms with Gasteiger partial charge in [0.2, 0.25) is 0 Å². The number of hydrogen-bond acceptors (Lipinski definition) is 3. The third-order valence-electron chi connectivity index (χ3n) is 1.47. The van der Waals surface area contributed by atoms with Crippen LogP contribution in [0.5, 0.6) is 0 Å². The Morgan fingerprint density at radius 2 is 2.20 bits per heavy atom. The van der Waals surface area contributed by atoms with Gasteiger partial charge in [-0.15, -0.1) is 17.0 Å². The minimum absolute atomic E-state index is 0. The molecule has 0 aromatic rings. The molecule has 1 aliphatic rings. The number of hydrogen-bond donors (Lipinski definition) is 2. The molecule has 0 aliphatic carbocycles. The van der Waals surface area contributed by atoms with Crippen molar-refractivity contribution >= 4 is 22.9 Å². The van der Waals surface area contributed by atoms with Gasteiger partial charge in [-0.2, -0.15) is 0 Å². The average molecular weight is 208 g/mol. The van der Waals surface area contributed by atoms with Crippen LogP contribution in [-0.2, 0) is 0 Å². The number of nitrogens with zero attached hydrogens (tertiary/aromatic N) is 1. The second-order valence-corrected chi connectivity index (χ2v) is 2.99. The van der Waals surface area contributed by atoms with E-state index >= 15 is 0 Å². The maximum atomic E-state index is 5.45. The van der Waals surface area contributed by atoms with Crippen molar-refractivity contribution in [3.63, 3.8) is 0 Å². The first kappa shape index (κ1) is 9.75. The molecule has 1 heterocycles. The first-order chi connectivity index (χ1) is 4.10. The lowest BCUT2D eigenvalue weighted by Crippen LogP contribution is -2.42. The van der Waals surface area contributed by atoms with E-state index in [-0.39, 0.29) is 22.5 Å². The van der Waals surface area contributed by atoms with Gasteiger partial charge in [-0.05, 0) is 20.3 Å². The van der Waals surface area contributed by atoms with E-state index in [1.807, 2.05) is 0 Å². The summed E-state index contributed by atoms with van der Waals surface area (Å²) in [5.74, 6) is 0.575. The van der Waals surface area contributed by atoms with Gasteiger partial charge < -0.3 is 11.1 Å². The van der Waals surface area contributed by atoms with Crippen molar-refractivity contribution in [2.75, 3.05) is 6.54 Å². The topological polar surface area (TPSA) is 50.4 Å². The second kappa shape index (κ2) is 3.23. The largest absolute Gasteiger partial charge is 0.370 e. The zero-order chi connectivity index (χ0) is 6.91. The van der Waals surface area contributed by atoms with E-state index in [1.165, 1.54) is 0 Å². The Balaban J connectivity index is 0.000000810. The van der Waals surface area contributed by atoms with Crippen molar-refractivity contribution in [1.82, 2.24) is 5.32 Å². The summed E-state index contributed by atoms with van der Waals surface area (Å²) in [5.41, 5.74) is 5.50. The summed E-state index contributed by atoms with van der Waals surface area (Å²) in [4.78, 5) is 4.20. The molecule has 0 atom stereocenters. The molecule has 0 radical (unpaired) electrons. The van der Waals surface area contributed by atoms with Gasteiger partial charge in [0.25, 0.3) is 0 Å². The molecular formula is C6H14BrN3. The molecule has 10 heavy (non-hydrogen) atoms. The lowest BCUT2D eigenvalue weighted by molar-refractivity contribution is 0.453. The number of nitrogens with two attached hydrogens (primary N) is 1. The monoisotopic (exact) mass is 207 g/mol. The molecular weight excluding hydrogens is 194 g/mol. The second-order valence-electron chi connectivity index (χ2n) is 2.99. The minimum atomic E-state index is 0. The Bertz CT molecular complexity index is 142. The summed E-state index contributed by atoms with van der Waals surface area (Å²) in [6.45, 7) is 5.11. The quantitative estimate of drug-likeness (QED) is 0.614. The maximum Gasteiger partial charge on any atom is 0.189 e. The summed E-state index contributed by atoms with van der Waals surface area (Å²) >= 11 is 0. The molecule has 3 nitrogen and oxygen atoms in total. The van der Waals surface area contributed by atoms with E-state index in [0.717, 1.165) is 13.0 Å². The van der Waals surface area contributed by atoms with Crippen LogP contribution in [0.1, 0.15) is 20.3 Å². The van der Waals surface area contributed by atoms with E-state index in [9.17, 15) is 0 Å². The highest BCUT2D eigenvalue weighted by molar-refractivity contribution is 8.93. The fraction of sp³-hybridized carbons (Fsp3) is 0.833. The molecule has 3 N–H and O–H groups in total. The lowest BCUT2D eigenvalue weighted by Gasteiger charge is -2.25. The van der Waals surface area contributed by atoms with Gasteiger partial charge in [0.15, 0.2) is 5.96 Å². The van der Waals surface area contributed by atoms with Crippen LogP contribution in [0.3, 0.4) is 0 Å². The molecule has 0 aromatic heterocycles. The normalized spacial score (nSPS) is 22.0. The highest BCUT2D eigenvalue weighted by atomic mass is 79.9. The molecule has 0 saturated heterocycles. The Hall–Kier alpha value is -0.250. The lowest BCUT2D eigenvalue weighted by atomic mass is 10.0. The van der Waals surface area contributed by atoms with Crippen molar-refractivity contribution in [2.45, 2.75) is 25.8 Å². The van der Waals surface area contributed by atoms with Gasteiger partial charge in [0.1, 0.15) is 0 Å². The van der Waals surface area contributed by atoms with Crippen LogP contribution < -0.4 is 11.1 Å². The standard InChI is InChI=1S/C6H13N3.BrH/c1-6(2)3-4-8-5(7)9-6;/h3-4H2,1-2H3,(H3,7,8,9);1H. The fourth-order valence-electron chi connectivity index (χ4n) is 0.918. The predicted molar refractivity (Wildman–Crippen MR) is 48.6 cm³/mol. The third kappa shape index (κ3) is 2.56. The highest BCUT2D eigenvalue weighted by Crippen LogP contribution is 2.14. The molecule has 1 aliphatic heterocycles. The van der Waals surface area contributed by atoms with Crippen molar-refractivity contribution in [3.05, 3.63) is 0 Å². The van der Waals surface area contributed by atoms with Gasteiger partial charge in [0, 0.05) is 6.54 Å². The molecule has 1 rings (SSSR count). The van der Waals surface area contributed by atoms with Crippen LogP contribution in [0.15, 0.2) is 4.99 Å².